The minimum atomic E-state index is -0.971. The molecule has 156 valence electrons. The number of rotatable bonds is 3. The van der Waals surface area contributed by atoms with Crippen molar-refractivity contribution in [2.75, 3.05) is 17.2 Å². The molecule has 2 aromatic carbocycles. The molecule has 0 bridgehead atoms. The molecule has 1 atom stereocenters. The third-order valence-corrected chi connectivity index (χ3v) is 7.99. The molecule has 0 radical (unpaired) electrons. The van der Waals surface area contributed by atoms with Crippen molar-refractivity contribution in [2.45, 2.75) is 44.0 Å². The number of carbonyl (C=O) groups is 2. The van der Waals surface area contributed by atoms with Crippen LogP contribution in [0.3, 0.4) is 0 Å². The summed E-state index contributed by atoms with van der Waals surface area (Å²) in [7, 11) is 0. The maximum atomic E-state index is 13.9. The van der Waals surface area contributed by atoms with Crippen molar-refractivity contribution in [2.24, 2.45) is 5.92 Å². The normalized spacial score (nSPS) is 23.6. The highest BCUT2D eigenvalue weighted by Gasteiger charge is 2.59. The molecule has 2 aliphatic heterocycles. The molecule has 0 N–H and O–H groups in total. The molecular formula is C24H25FN2O2S. The highest BCUT2D eigenvalue weighted by molar-refractivity contribution is 8.01. The summed E-state index contributed by atoms with van der Waals surface area (Å²) in [5.74, 6) is 0.566. The lowest BCUT2D eigenvalue weighted by atomic mass is 10.00. The topological polar surface area (TPSA) is 40.6 Å². The van der Waals surface area contributed by atoms with Crippen LogP contribution in [0.25, 0.3) is 0 Å². The van der Waals surface area contributed by atoms with Crippen molar-refractivity contribution < 1.29 is 14.0 Å². The van der Waals surface area contributed by atoms with Crippen molar-refractivity contribution >= 4 is 29.3 Å². The Balaban J connectivity index is 1.56. The van der Waals surface area contributed by atoms with Crippen LogP contribution in [0, 0.1) is 18.7 Å². The monoisotopic (exact) mass is 424 g/mol. The predicted molar refractivity (Wildman–Crippen MR) is 117 cm³/mol. The van der Waals surface area contributed by atoms with Crippen LogP contribution in [0.2, 0.25) is 0 Å². The van der Waals surface area contributed by atoms with E-state index in [1.807, 2.05) is 24.0 Å². The number of nitrogens with zero attached hydrogens (tertiary/aromatic N) is 2. The Morgan fingerprint density at radius 3 is 2.63 bits per heavy atom. The first-order valence-electron chi connectivity index (χ1n) is 10.6. The summed E-state index contributed by atoms with van der Waals surface area (Å²) >= 11 is 1.58. The van der Waals surface area contributed by atoms with Crippen LogP contribution >= 0.6 is 11.8 Å². The van der Waals surface area contributed by atoms with Gasteiger partial charge in [0.2, 0.25) is 5.91 Å². The standard InChI is InChI=1S/C24H25FN2O2S/c1-16-6-11-21-20(14-16)24(23(29)26(21)15-17-7-9-19(25)10-8-17)27(12-13-30-24)22(28)18-4-2-3-5-18/h6-11,14,18H,2-5,12-13,15H2,1H3/t24-/m0/s1. The molecule has 6 heteroatoms. The zero-order chi connectivity index (χ0) is 20.9. The average molecular weight is 425 g/mol. The van der Waals surface area contributed by atoms with Crippen molar-refractivity contribution in [3.05, 3.63) is 65.0 Å². The second-order valence-corrected chi connectivity index (χ2v) is 9.79. The number of halogens is 1. The van der Waals surface area contributed by atoms with Gasteiger partial charge in [-0.15, -0.1) is 11.8 Å². The van der Waals surface area contributed by atoms with E-state index in [1.54, 1.807) is 28.8 Å². The van der Waals surface area contributed by atoms with Crippen LogP contribution in [0.4, 0.5) is 10.1 Å². The third-order valence-electron chi connectivity index (χ3n) is 6.57. The summed E-state index contributed by atoms with van der Waals surface area (Å²) in [6, 6.07) is 12.3. The molecule has 30 heavy (non-hydrogen) atoms. The minimum Gasteiger partial charge on any atom is -0.315 e. The molecule has 2 heterocycles. The van der Waals surface area contributed by atoms with Gasteiger partial charge < -0.3 is 9.80 Å². The molecule has 0 unspecified atom stereocenters. The number of hydrogen-bond donors (Lipinski definition) is 0. The summed E-state index contributed by atoms with van der Waals surface area (Å²) in [5.41, 5.74) is 3.72. The first-order valence-corrected chi connectivity index (χ1v) is 11.6. The lowest BCUT2D eigenvalue weighted by Gasteiger charge is -2.35. The lowest BCUT2D eigenvalue weighted by molar-refractivity contribution is -0.143. The quantitative estimate of drug-likeness (QED) is 0.723. The lowest BCUT2D eigenvalue weighted by Crippen LogP contribution is -2.51. The minimum absolute atomic E-state index is 0.0350. The van der Waals surface area contributed by atoms with E-state index in [1.165, 1.54) is 12.1 Å². The number of hydrogen-bond acceptors (Lipinski definition) is 3. The summed E-state index contributed by atoms with van der Waals surface area (Å²) in [5, 5.41) is 0. The molecular weight excluding hydrogens is 399 g/mol. The van der Waals surface area contributed by atoms with Gasteiger partial charge in [-0.3, -0.25) is 9.59 Å². The van der Waals surface area contributed by atoms with Crippen LogP contribution in [-0.2, 0) is 21.0 Å². The van der Waals surface area contributed by atoms with Gasteiger partial charge in [-0.1, -0.05) is 42.7 Å². The van der Waals surface area contributed by atoms with Crippen LogP contribution in [0.15, 0.2) is 42.5 Å². The largest absolute Gasteiger partial charge is 0.315 e. The fourth-order valence-electron chi connectivity index (χ4n) is 5.07. The molecule has 5 rings (SSSR count). The van der Waals surface area contributed by atoms with E-state index in [0.29, 0.717) is 13.1 Å². The zero-order valence-electron chi connectivity index (χ0n) is 17.1. The second kappa shape index (κ2) is 7.41. The SMILES string of the molecule is Cc1ccc2c(c1)[C@]1(SCCN1C(=O)C1CCCC1)C(=O)N2Cc1ccc(F)cc1. The van der Waals surface area contributed by atoms with E-state index in [0.717, 1.165) is 53.8 Å². The van der Waals surface area contributed by atoms with Gasteiger partial charge in [0, 0.05) is 23.8 Å². The van der Waals surface area contributed by atoms with Crippen molar-refractivity contribution in [1.29, 1.82) is 0 Å². The Kier molecular flexibility index (Phi) is 4.85. The van der Waals surface area contributed by atoms with E-state index in [4.69, 9.17) is 0 Å². The zero-order valence-corrected chi connectivity index (χ0v) is 17.9. The number of carbonyl (C=O) groups excluding carboxylic acids is 2. The Hall–Kier alpha value is -2.34. The van der Waals surface area contributed by atoms with Crippen molar-refractivity contribution in [3.8, 4) is 0 Å². The van der Waals surface area contributed by atoms with Gasteiger partial charge in [-0.05, 0) is 43.5 Å². The molecule has 1 aliphatic carbocycles. The maximum Gasteiger partial charge on any atom is 0.268 e. The van der Waals surface area contributed by atoms with Gasteiger partial charge in [-0.2, -0.15) is 0 Å². The number of amides is 2. The molecule has 1 saturated carbocycles. The van der Waals surface area contributed by atoms with E-state index < -0.39 is 4.87 Å². The first kappa shape index (κ1) is 19.6. The van der Waals surface area contributed by atoms with E-state index in [2.05, 4.69) is 6.07 Å². The Bertz CT molecular complexity index is 1000. The molecule has 3 aliphatic rings. The van der Waals surface area contributed by atoms with Crippen LogP contribution in [0.5, 0.6) is 0 Å². The molecule has 2 fully saturated rings. The highest BCUT2D eigenvalue weighted by Crippen LogP contribution is 2.55. The molecule has 1 spiro atoms. The number of benzene rings is 2. The Morgan fingerprint density at radius 2 is 1.90 bits per heavy atom. The van der Waals surface area contributed by atoms with Crippen LogP contribution in [0.1, 0.15) is 42.4 Å². The number of aryl methyl sites for hydroxylation is 1. The van der Waals surface area contributed by atoms with Crippen LogP contribution in [-0.4, -0.2) is 29.0 Å². The van der Waals surface area contributed by atoms with Crippen molar-refractivity contribution in [3.63, 3.8) is 0 Å². The van der Waals surface area contributed by atoms with Crippen molar-refractivity contribution in [1.82, 2.24) is 4.90 Å². The van der Waals surface area contributed by atoms with Gasteiger partial charge in [-0.25, -0.2) is 4.39 Å². The molecule has 4 nitrogen and oxygen atoms in total. The average Bonchev–Trinajstić information content (AvgIpc) is 3.47. The fraction of sp³-hybridized carbons (Fsp3) is 0.417. The third kappa shape index (κ3) is 2.96. The smallest absolute Gasteiger partial charge is 0.268 e. The molecule has 1 saturated heterocycles. The van der Waals surface area contributed by atoms with E-state index in [9.17, 15) is 14.0 Å². The summed E-state index contributed by atoms with van der Waals surface area (Å²) in [4.78, 5) is 30.0. The predicted octanol–water partition coefficient (Wildman–Crippen LogP) is 4.60. The number of thioether (sulfide) groups is 1. The van der Waals surface area contributed by atoms with Gasteiger partial charge >= 0.3 is 0 Å². The highest BCUT2D eigenvalue weighted by atomic mass is 32.2. The van der Waals surface area contributed by atoms with Gasteiger partial charge in [0.1, 0.15) is 5.82 Å². The molecule has 0 aromatic heterocycles. The van der Waals surface area contributed by atoms with Crippen LogP contribution < -0.4 is 4.90 Å². The summed E-state index contributed by atoms with van der Waals surface area (Å²) in [6.45, 7) is 2.98. The number of fused-ring (bicyclic) bond motifs is 2. The first-order chi connectivity index (χ1) is 14.5. The maximum absolute atomic E-state index is 13.9. The molecule has 2 aromatic rings. The van der Waals surface area contributed by atoms with Gasteiger partial charge in [0.25, 0.3) is 5.91 Å². The molecule has 2 amide bonds. The fourth-order valence-corrected chi connectivity index (χ4v) is 6.53. The second-order valence-electron chi connectivity index (χ2n) is 8.50. The van der Waals surface area contributed by atoms with E-state index >= 15 is 0 Å². The van der Waals surface area contributed by atoms with Gasteiger partial charge in [0.15, 0.2) is 4.87 Å². The number of anilines is 1. The van der Waals surface area contributed by atoms with Gasteiger partial charge in [0.05, 0.1) is 12.2 Å². The van der Waals surface area contributed by atoms with E-state index in [-0.39, 0.29) is 23.5 Å². The summed E-state index contributed by atoms with van der Waals surface area (Å²) in [6.07, 6.45) is 4.02. The Morgan fingerprint density at radius 1 is 1.17 bits per heavy atom. The summed E-state index contributed by atoms with van der Waals surface area (Å²) < 4.78 is 13.4. The Labute approximate surface area is 180 Å².